The maximum atomic E-state index is 12.2. The lowest BCUT2D eigenvalue weighted by Crippen LogP contribution is -2.25. The van der Waals surface area contributed by atoms with Crippen LogP contribution in [0.15, 0.2) is 47.6 Å². The smallest absolute Gasteiger partial charge is 0.261 e. The Hall–Kier alpha value is -2.44. The Morgan fingerprint density at radius 3 is 2.80 bits per heavy atom. The largest absolute Gasteiger partial charge is 0.271 e. The van der Waals surface area contributed by atoms with Gasteiger partial charge in [0.05, 0.1) is 16.3 Å². The number of carbonyl (C=O) groups excluding carboxylic acids is 1. The highest BCUT2D eigenvalue weighted by Gasteiger charge is 2.10. The summed E-state index contributed by atoms with van der Waals surface area (Å²) in [6, 6.07) is 12.6. The van der Waals surface area contributed by atoms with E-state index in [1.807, 2.05) is 31.2 Å². The number of halogens is 2. The monoisotopic (exact) mass is 375 g/mol. The van der Waals surface area contributed by atoms with Gasteiger partial charge < -0.3 is 0 Å². The Balaban J connectivity index is 1.74. The van der Waals surface area contributed by atoms with E-state index in [9.17, 15) is 4.79 Å². The average molecular weight is 376 g/mol. The molecular formula is C17H15Cl2N5O. The Kier molecular flexibility index (Phi) is 5.31. The van der Waals surface area contributed by atoms with E-state index in [2.05, 4.69) is 20.8 Å². The second-order valence-corrected chi connectivity index (χ2v) is 6.15. The van der Waals surface area contributed by atoms with Gasteiger partial charge in [-0.2, -0.15) is 5.10 Å². The van der Waals surface area contributed by atoms with Crippen molar-refractivity contribution in [1.29, 1.82) is 0 Å². The molecule has 1 amide bonds. The Bertz CT molecular complexity index is 951. The molecule has 0 unspecified atom stereocenters. The van der Waals surface area contributed by atoms with Crippen molar-refractivity contribution in [3.05, 3.63) is 58.1 Å². The van der Waals surface area contributed by atoms with Crippen molar-refractivity contribution in [3.63, 3.8) is 0 Å². The van der Waals surface area contributed by atoms with Crippen LogP contribution in [0.25, 0.3) is 11.0 Å². The van der Waals surface area contributed by atoms with Gasteiger partial charge in [-0.05, 0) is 30.7 Å². The van der Waals surface area contributed by atoms with Gasteiger partial charge in [0, 0.05) is 10.6 Å². The molecule has 3 rings (SSSR count). The van der Waals surface area contributed by atoms with E-state index in [1.165, 1.54) is 4.68 Å². The van der Waals surface area contributed by atoms with Gasteiger partial charge in [0.2, 0.25) is 0 Å². The number of para-hydroxylation sites is 1. The molecule has 1 aromatic heterocycles. The van der Waals surface area contributed by atoms with Gasteiger partial charge in [0.1, 0.15) is 12.1 Å². The van der Waals surface area contributed by atoms with E-state index < -0.39 is 0 Å². The lowest BCUT2D eigenvalue weighted by Gasteiger charge is -2.08. The van der Waals surface area contributed by atoms with Crippen LogP contribution in [-0.2, 0) is 11.3 Å². The number of benzene rings is 2. The van der Waals surface area contributed by atoms with E-state index >= 15 is 0 Å². The van der Waals surface area contributed by atoms with Gasteiger partial charge in [0.15, 0.2) is 0 Å². The normalized spacial score (nSPS) is 11.7. The van der Waals surface area contributed by atoms with Crippen molar-refractivity contribution in [2.45, 2.75) is 19.9 Å². The molecule has 0 aliphatic rings. The van der Waals surface area contributed by atoms with Crippen molar-refractivity contribution in [3.8, 4) is 0 Å². The predicted molar refractivity (Wildman–Crippen MR) is 99.0 cm³/mol. The van der Waals surface area contributed by atoms with Crippen LogP contribution >= 0.6 is 23.2 Å². The number of rotatable bonds is 5. The van der Waals surface area contributed by atoms with E-state index in [4.69, 9.17) is 23.2 Å². The zero-order valence-electron chi connectivity index (χ0n) is 13.4. The van der Waals surface area contributed by atoms with Crippen LogP contribution in [0, 0.1) is 0 Å². The molecule has 3 aromatic rings. The highest BCUT2D eigenvalue weighted by Crippen LogP contribution is 2.22. The average Bonchev–Trinajstić information content (AvgIpc) is 3.00. The maximum Gasteiger partial charge on any atom is 0.261 e. The molecule has 1 N–H and O–H groups in total. The molecule has 0 spiro atoms. The SMILES string of the molecule is CC/C(=N/NC(=O)Cn1nnc2ccccc21)c1ccc(Cl)cc1Cl. The van der Waals surface area contributed by atoms with Crippen LogP contribution in [0.1, 0.15) is 18.9 Å². The zero-order valence-corrected chi connectivity index (χ0v) is 14.9. The third-order valence-corrected chi connectivity index (χ3v) is 4.15. The minimum absolute atomic E-state index is 0.0232. The molecule has 1 heterocycles. The Labute approximate surface area is 154 Å². The molecule has 0 radical (unpaired) electrons. The van der Waals surface area contributed by atoms with Crippen LogP contribution < -0.4 is 5.43 Å². The van der Waals surface area contributed by atoms with Gasteiger partial charge in [-0.3, -0.25) is 4.79 Å². The molecule has 0 fully saturated rings. The first-order valence-electron chi connectivity index (χ1n) is 7.67. The summed E-state index contributed by atoms with van der Waals surface area (Å²) in [6.45, 7) is 1.95. The number of carbonyl (C=O) groups is 1. The minimum Gasteiger partial charge on any atom is -0.271 e. The second kappa shape index (κ2) is 7.63. The summed E-state index contributed by atoms with van der Waals surface area (Å²) in [7, 11) is 0. The number of fused-ring (bicyclic) bond motifs is 1. The van der Waals surface area contributed by atoms with Crippen LogP contribution in [0.2, 0.25) is 10.0 Å². The number of hydrogen-bond donors (Lipinski definition) is 1. The van der Waals surface area contributed by atoms with E-state index in [1.54, 1.807) is 18.2 Å². The molecule has 0 atom stereocenters. The quantitative estimate of drug-likeness (QED) is 0.546. The summed E-state index contributed by atoms with van der Waals surface area (Å²) >= 11 is 12.1. The number of nitrogens with zero attached hydrogens (tertiary/aromatic N) is 4. The van der Waals surface area contributed by atoms with Crippen LogP contribution in [0.4, 0.5) is 0 Å². The third kappa shape index (κ3) is 3.97. The predicted octanol–water partition coefficient (Wildman–Crippen LogP) is 3.67. The first-order chi connectivity index (χ1) is 12.1. The second-order valence-electron chi connectivity index (χ2n) is 5.31. The van der Waals surface area contributed by atoms with Crippen molar-refractivity contribution in [1.82, 2.24) is 20.4 Å². The Morgan fingerprint density at radius 2 is 2.04 bits per heavy atom. The fourth-order valence-electron chi connectivity index (χ4n) is 2.39. The third-order valence-electron chi connectivity index (χ3n) is 3.61. The molecule has 0 bridgehead atoms. The van der Waals surface area contributed by atoms with Gasteiger partial charge >= 0.3 is 0 Å². The van der Waals surface area contributed by atoms with Crippen LogP contribution in [0.3, 0.4) is 0 Å². The molecule has 0 aliphatic heterocycles. The van der Waals surface area contributed by atoms with E-state index in [0.717, 1.165) is 16.6 Å². The molecule has 128 valence electrons. The lowest BCUT2D eigenvalue weighted by atomic mass is 10.1. The number of hydrogen-bond acceptors (Lipinski definition) is 4. The van der Waals surface area contributed by atoms with E-state index in [0.29, 0.717) is 22.2 Å². The molecule has 0 aliphatic carbocycles. The molecule has 2 aromatic carbocycles. The van der Waals surface area contributed by atoms with Crippen LogP contribution in [0.5, 0.6) is 0 Å². The van der Waals surface area contributed by atoms with Gasteiger partial charge in [0.25, 0.3) is 5.91 Å². The minimum atomic E-state index is -0.299. The maximum absolute atomic E-state index is 12.2. The highest BCUT2D eigenvalue weighted by atomic mass is 35.5. The van der Waals surface area contributed by atoms with Crippen molar-refractivity contribution >= 4 is 45.9 Å². The summed E-state index contributed by atoms with van der Waals surface area (Å²) in [5.41, 5.74) is 5.47. The lowest BCUT2D eigenvalue weighted by molar-refractivity contribution is -0.121. The van der Waals surface area contributed by atoms with E-state index in [-0.39, 0.29) is 12.5 Å². The zero-order chi connectivity index (χ0) is 17.8. The van der Waals surface area contributed by atoms with Gasteiger partial charge in [-0.15, -0.1) is 5.10 Å². The standard InChI is InChI=1S/C17H15Cl2N5O/c1-2-14(12-8-7-11(18)9-13(12)19)20-22-17(25)10-24-16-6-4-3-5-15(16)21-23-24/h3-9H,2,10H2,1H3,(H,22,25)/b20-14-. The van der Waals surface area contributed by atoms with Crippen molar-refractivity contribution in [2.24, 2.45) is 5.10 Å². The molecule has 6 nitrogen and oxygen atoms in total. The highest BCUT2D eigenvalue weighted by molar-refractivity contribution is 6.37. The summed E-state index contributed by atoms with van der Waals surface area (Å²) in [5.74, 6) is -0.299. The Morgan fingerprint density at radius 1 is 1.24 bits per heavy atom. The van der Waals surface area contributed by atoms with Crippen molar-refractivity contribution in [2.75, 3.05) is 0 Å². The molecule has 0 saturated heterocycles. The molecule has 8 heteroatoms. The van der Waals surface area contributed by atoms with Crippen molar-refractivity contribution < 1.29 is 4.79 Å². The topological polar surface area (TPSA) is 72.2 Å². The molecular weight excluding hydrogens is 361 g/mol. The fraction of sp³-hybridized carbons (Fsp3) is 0.176. The summed E-state index contributed by atoms with van der Waals surface area (Å²) in [6.07, 6.45) is 0.605. The summed E-state index contributed by atoms with van der Waals surface area (Å²) in [4.78, 5) is 12.2. The molecule has 25 heavy (non-hydrogen) atoms. The van der Waals surface area contributed by atoms with Crippen LogP contribution in [-0.4, -0.2) is 26.6 Å². The summed E-state index contributed by atoms with van der Waals surface area (Å²) in [5, 5.41) is 13.2. The van der Waals surface area contributed by atoms with Gasteiger partial charge in [-0.25, -0.2) is 10.1 Å². The number of amides is 1. The first-order valence-corrected chi connectivity index (χ1v) is 8.43. The number of aromatic nitrogens is 3. The number of nitrogens with one attached hydrogen (secondary N) is 1. The van der Waals surface area contributed by atoms with Gasteiger partial charge in [-0.1, -0.05) is 53.5 Å². The molecule has 0 saturated carbocycles. The first kappa shape index (κ1) is 17.4. The number of hydrazone groups is 1. The summed E-state index contributed by atoms with van der Waals surface area (Å²) < 4.78 is 1.53. The fourth-order valence-corrected chi connectivity index (χ4v) is 2.91.